The third-order valence-electron chi connectivity index (χ3n) is 2.35. The van der Waals surface area contributed by atoms with Crippen LogP contribution < -0.4 is 4.84 Å². The monoisotopic (exact) mass is 277 g/mol. The minimum Gasteiger partial charge on any atom is -0.478 e. The Balaban J connectivity index is 2.04. The molecule has 0 radical (unpaired) electrons. The van der Waals surface area contributed by atoms with Crippen molar-refractivity contribution in [1.82, 2.24) is 0 Å². The molecule has 20 heavy (non-hydrogen) atoms. The van der Waals surface area contributed by atoms with E-state index in [1.165, 1.54) is 24.3 Å². The molecule has 0 bridgehead atoms. The van der Waals surface area contributed by atoms with Gasteiger partial charge >= 0.3 is 5.97 Å². The zero-order valence-electron chi connectivity index (χ0n) is 10.1. The summed E-state index contributed by atoms with van der Waals surface area (Å²) in [5.74, 6) is -2.16. The molecule has 2 aromatic rings. The van der Waals surface area contributed by atoms with E-state index >= 15 is 0 Å². The molecular weight excluding hydrogens is 268 g/mol. The third kappa shape index (κ3) is 3.61. The van der Waals surface area contributed by atoms with E-state index in [9.17, 15) is 13.6 Å². The van der Waals surface area contributed by atoms with Gasteiger partial charge in [0.2, 0.25) is 0 Å². The molecule has 0 aliphatic rings. The van der Waals surface area contributed by atoms with Gasteiger partial charge < -0.3 is 9.94 Å². The van der Waals surface area contributed by atoms with E-state index in [0.29, 0.717) is 5.75 Å². The van der Waals surface area contributed by atoms with Crippen molar-refractivity contribution in [1.29, 1.82) is 0 Å². The summed E-state index contributed by atoms with van der Waals surface area (Å²) < 4.78 is 25.8. The molecular formula is C14H9F2NO3. The molecule has 0 saturated heterocycles. The highest BCUT2D eigenvalue weighted by Crippen LogP contribution is 2.12. The molecule has 1 N–H and O–H groups in total. The summed E-state index contributed by atoms with van der Waals surface area (Å²) in [7, 11) is 0. The number of aromatic carboxylic acids is 1. The van der Waals surface area contributed by atoms with Crippen molar-refractivity contribution in [3.05, 3.63) is 65.2 Å². The van der Waals surface area contributed by atoms with Gasteiger partial charge in [-0.2, -0.15) is 0 Å². The fourth-order valence-corrected chi connectivity index (χ4v) is 1.46. The Hall–Kier alpha value is -2.76. The smallest absolute Gasteiger partial charge is 0.335 e. The van der Waals surface area contributed by atoms with Crippen LogP contribution in [0, 0.1) is 11.6 Å². The standard InChI is InChI=1S/C14H9F2NO3/c15-11-5-9(6-12(16)7-11)8-17-20-13-3-1-10(2-4-13)14(18)19/h1-8H,(H,18,19)/b17-8+. The molecule has 0 saturated carbocycles. The van der Waals surface area contributed by atoms with E-state index in [-0.39, 0.29) is 11.1 Å². The second-order valence-corrected chi connectivity index (χ2v) is 3.86. The number of benzene rings is 2. The Bertz CT molecular complexity index is 634. The number of nitrogens with zero attached hydrogens (tertiary/aromatic N) is 1. The molecule has 2 aromatic carbocycles. The first kappa shape index (κ1) is 13.7. The van der Waals surface area contributed by atoms with E-state index in [0.717, 1.165) is 24.4 Å². The SMILES string of the molecule is O=C(O)c1ccc(O/N=C/c2cc(F)cc(F)c2)cc1. The number of oxime groups is 1. The number of carboxylic acids is 1. The fourth-order valence-electron chi connectivity index (χ4n) is 1.46. The predicted molar refractivity (Wildman–Crippen MR) is 68.0 cm³/mol. The van der Waals surface area contributed by atoms with Gasteiger partial charge in [-0.3, -0.25) is 0 Å². The van der Waals surface area contributed by atoms with E-state index in [1.807, 2.05) is 0 Å². The van der Waals surface area contributed by atoms with Crippen LogP contribution in [-0.2, 0) is 0 Å². The first-order valence-corrected chi connectivity index (χ1v) is 5.54. The van der Waals surface area contributed by atoms with E-state index in [2.05, 4.69) is 5.16 Å². The highest BCUT2D eigenvalue weighted by atomic mass is 19.1. The largest absolute Gasteiger partial charge is 0.478 e. The second-order valence-electron chi connectivity index (χ2n) is 3.86. The van der Waals surface area contributed by atoms with Crippen LogP contribution in [0.25, 0.3) is 0 Å². The summed E-state index contributed by atoms with van der Waals surface area (Å²) >= 11 is 0. The molecule has 0 unspecified atom stereocenters. The van der Waals surface area contributed by atoms with Crippen LogP contribution >= 0.6 is 0 Å². The minimum atomic E-state index is -1.05. The Morgan fingerprint density at radius 1 is 1.10 bits per heavy atom. The average molecular weight is 277 g/mol. The molecule has 102 valence electrons. The Labute approximate surface area is 112 Å². The highest BCUT2D eigenvalue weighted by molar-refractivity contribution is 5.87. The molecule has 0 atom stereocenters. The lowest BCUT2D eigenvalue weighted by Crippen LogP contribution is -1.95. The van der Waals surface area contributed by atoms with E-state index in [4.69, 9.17) is 9.94 Å². The van der Waals surface area contributed by atoms with Gasteiger partial charge in [0.15, 0.2) is 5.75 Å². The molecule has 0 aromatic heterocycles. The number of carbonyl (C=O) groups is 1. The van der Waals surface area contributed by atoms with Gasteiger partial charge in [0, 0.05) is 11.6 Å². The lowest BCUT2D eigenvalue weighted by Gasteiger charge is -1.99. The topological polar surface area (TPSA) is 58.9 Å². The van der Waals surface area contributed by atoms with Gasteiger partial charge in [-0.25, -0.2) is 13.6 Å². The summed E-state index contributed by atoms with van der Waals surface area (Å²) in [5, 5.41) is 12.3. The molecule has 2 rings (SSSR count). The van der Waals surface area contributed by atoms with Crippen molar-refractivity contribution >= 4 is 12.2 Å². The van der Waals surface area contributed by atoms with Crippen molar-refractivity contribution in [2.45, 2.75) is 0 Å². The summed E-state index contributed by atoms with van der Waals surface area (Å²) in [6.45, 7) is 0. The van der Waals surface area contributed by atoms with Crippen LogP contribution in [-0.4, -0.2) is 17.3 Å². The molecule has 4 nitrogen and oxygen atoms in total. The highest BCUT2D eigenvalue weighted by Gasteiger charge is 2.02. The molecule has 0 aliphatic heterocycles. The zero-order chi connectivity index (χ0) is 14.5. The first-order chi connectivity index (χ1) is 9.54. The van der Waals surface area contributed by atoms with Crippen molar-refractivity contribution in [2.24, 2.45) is 5.16 Å². The number of carboxylic acid groups (broad SMARTS) is 1. The van der Waals surface area contributed by atoms with Crippen LogP contribution in [0.3, 0.4) is 0 Å². The van der Waals surface area contributed by atoms with Gasteiger partial charge in [0.05, 0.1) is 11.8 Å². The fraction of sp³-hybridized carbons (Fsp3) is 0. The van der Waals surface area contributed by atoms with Crippen LogP contribution in [0.15, 0.2) is 47.6 Å². The maximum absolute atomic E-state index is 12.9. The maximum atomic E-state index is 12.9. The van der Waals surface area contributed by atoms with Crippen molar-refractivity contribution in [2.75, 3.05) is 0 Å². The summed E-state index contributed by atoms with van der Waals surface area (Å²) in [6, 6.07) is 8.51. The molecule has 6 heteroatoms. The molecule has 0 spiro atoms. The maximum Gasteiger partial charge on any atom is 0.335 e. The Morgan fingerprint density at radius 2 is 1.70 bits per heavy atom. The number of halogens is 2. The van der Waals surface area contributed by atoms with Gasteiger partial charge in [-0.1, -0.05) is 5.16 Å². The molecule has 0 aliphatic carbocycles. The van der Waals surface area contributed by atoms with Crippen molar-refractivity contribution < 1.29 is 23.5 Å². The van der Waals surface area contributed by atoms with Crippen LogP contribution in [0.5, 0.6) is 5.75 Å². The zero-order valence-corrected chi connectivity index (χ0v) is 10.1. The average Bonchev–Trinajstić information content (AvgIpc) is 2.38. The van der Waals surface area contributed by atoms with Gasteiger partial charge in [0.1, 0.15) is 11.6 Å². The Morgan fingerprint density at radius 3 is 2.25 bits per heavy atom. The molecule has 0 fully saturated rings. The normalized spacial score (nSPS) is 10.7. The number of hydrogen-bond acceptors (Lipinski definition) is 3. The van der Waals surface area contributed by atoms with Gasteiger partial charge in [-0.05, 0) is 36.4 Å². The quantitative estimate of drug-likeness (QED) is 0.690. The summed E-state index contributed by atoms with van der Waals surface area (Å²) in [5.41, 5.74) is 0.332. The Kier molecular flexibility index (Phi) is 4.05. The minimum absolute atomic E-state index is 0.119. The summed E-state index contributed by atoms with van der Waals surface area (Å²) in [6.07, 6.45) is 1.15. The van der Waals surface area contributed by atoms with E-state index < -0.39 is 17.6 Å². The van der Waals surface area contributed by atoms with Gasteiger partial charge in [-0.15, -0.1) is 0 Å². The lowest BCUT2D eigenvalue weighted by molar-refractivity contribution is 0.0697. The van der Waals surface area contributed by atoms with Crippen molar-refractivity contribution in [3.8, 4) is 5.75 Å². The van der Waals surface area contributed by atoms with Crippen LogP contribution in [0.1, 0.15) is 15.9 Å². The number of hydrogen-bond donors (Lipinski definition) is 1. The second kappa shape index (κ2) is 5.92. The van der Waals surface area contributed by atoms with Crippen LogP contribution in [0.4, 0.5) is 8.78 Å². The molecule has 0 amide bonds. The summed E-state index contributed by atoms with van der Waals surface area (Å²) in [4.78, 5) is 15.6. The van der Waals surface area contributed by atoms with Crippen LogP contribution in [0.2, 0.25) is 0 Å². The molecule has 0 heterocycles. The van der Waals surface area contributed by atoms with Gasteiger partial charge in [0.25, 0.3) is 0 Å². The number of rotatable bonds is 4. The lowest BCUT2D eigenvalue weighted by atomic mass is 10.2. The van der Waals surface area contributed by atoms with E-state index in [1.54, 1.807) is 0 Å². The third-order valence-corrected chi connectivity index (χ3v) is 2.35. The first-order valence-electron chi connectivity index (χ1n) is 5.54. The van der Waals surface area contributed by atoms with Crippen molar-refractivity contribution in [3.63, 3.8) is 0 Å². The predicted octanol–water partition coefficient (Wildman–Crippen LogP) is 3.08.